The van der Waals surface area contributed by atoms with Crippen molar-refractivity contribution < 1.29 is 23.0 Å². The third kappa shape index (κ3) is 4.35. The Morgan fingerprint density at radius 1 is 1.20 bits per heavy atom. The zero-order valence-electron chi connectivity index (χ0n) is 14.1. The number of nitrogens with zero attached hydrogens (tertiary/aromatic N) is 2. The van der Waals surface area contributed by atoms with E-state index in [9.17, 15) is 18.5 Å². The van der Waals surface area contributed by atoms with Crippen molar-refractivity contribution in [2.45, 2.75) is 30.3 Å². The highest BCUT2D eigenvalue weighted by atomic mass is 32.2. The first-order valence-electron chi connectivity index (χ1n) is 8.66. The molecule has 2 heterocycles. The van der Waals surface area contributed by atoms with Crippen molar-refractivity contribution in [3.63, 3.8) is 0 Å². The predicted octanol–water partition coefficient (Wildman–Crippen LogP) is 0.0531. The molecule has 0 bridgehead atoms. The molecule has 0 aromatic heterocycles. The average molecular weight is 370 g/mol. The summed E-state index contributed by atoms with van der Waals surface area (Å²) in [4.78, 5) is 11.6. The molecule has 1 aromatic rings. The summed E-state index contributed by atoms with van der Waals surface area (Å²) in [5.41, 5.74) is -0.110. The van der Waals surface area contributed by atoms with Crippen LogP contribution in [-0.4, -0.2) is 63.1 Å². The molecule has 0 radical (unpaired) electrons. The topological polar surface area (TPSA) is 94.2 Å². The van der Waals surface area contributed by atoms with Crippen LogP contribution in [-0.2, 0) is 14.8 Å². The molecule has 1 atom stereocenters. The van der Waals surface area contributed by atoms with Gasteiger partial charge in [-0.05, 0) is 31.4 Å². The highest BCUT2D eigenvalue weighted by molar-refractivity contribution is 7.89. The molecule has 0 aliphatic carbocycles. The minimum absolute atomic E-state index is 0.108. The lowest BCUT2D eigenvalue weighted by molar-refractivity contribution is -0.907. The van der Waals surface area contributed by atoms with Gasteiger partial charge in [-0.3, -0.25) is 10.1 Å². The number of rotatable bonds is 5. The normalized spacial score (nSPS) is 23.4. The van der Waals surface area contributed by atoms with Crippen LogP contribution in [0.3, 0.4) is 0 Å². The maximum atomic E-state index is 12.7. The molecular formula is C16H24N3O5S+. The standard InChI is InChI=1S/C16H23N3O5S/c20-19(21)14-4-6-16(7-5-14)25(22,23)18-10-8-17(9-11-18)13-15-3-1-2-12-24-15/h4-7,15H,1-3,8-13H2/p+1/t15-/m1/s1. The third-order valence-corrected chi connectivity index (χ3v) is 6.82. The lowest BCUT2D eigenvalue weighted by Crippen LogP contribution is -3.15. The van der Waals surface area contributed by atoms with Crippen LogP contribution in [0.25, 0.3) is 0 Å². The molecule has 0 amide bonds. The maximum Gasteiger partial charge on any atom is 0.269 e. The highest BCUT2D eigenvalue weighted by Gasteiger charge is 2.32. The molecule has 25 heavy (non-hydrogen) atoms. The number of benzene rings is 1. The fraction of sp³-hybridized carbons (Fsp3) is 0.625. The van der Waals surface area contributed by atoms with Crippen LogP contribution in [0.4, 0.5) is 5.69 Å². The summed E-state index contributed by atoms with van der Waals surface area (Å²) in [6, 6.07) is 5.08. The zero-order chi connectivity index (χ0) is 17.9. The van der Waals surface area contributed by atoms with Crippen molar-refractivity contribution in [3.05, 3.63) is 34.4 Å². The number of sulfonamides is 1. The first-order valence-corrected chi connectivity index (χ1v) is 10.1. The van der Waals surface area contributed by atoms with Gasteiger partial charge < -0.3 is 9.64 Å². The summed E-state index contributed by atoms with van der Waals surface area (Å²) in [6.07, 6.45) is 3.72. The quantitative estimate of drug-likeness (QED) is 0.584. The lowest BCUT2D eigenvalue weighted by atomic mass is 10.1. The number of nitro groups is 1. The monoisotopic (exact) mass is 370 g/mol. The number of nitro benzene ring substituents is 1. The Hall–Kier alpha value is -1.55. The third-order valence-electron chi connectivity index (χ3n) is 4.91. The Kier molecular flexibility index (Phi) is 5.67. The van der Waals surface area contributed by atoms with Gasteiger partial charge in [-0.2, -0.15) is 4.31 Å². The van der Waals surface area contributed by atoms with Crippen molar-refractivity contribution >= 4 is 15.7 Å². The van der Waals surface area contributed by atoms with E-state index < -0.39 is 14.9 Å². The lowest BCUT2D eigenvalue weighted by Gasteiger charge is -2.34. The van der Waals surface area contributed by atoms with E-state index in [1.165, 1.54) is 39.9 Å². The average Bonchev–Trinajstić information content (AvgIpc) is 2.63. The fourth-order valence-electron chi connectivity index (χ4n) is 3.43. The second-order valence-corrected chi connectivity index (χ2v) is 8.54. The van der Waals surface area contributed by atoms with Crippen LogP contribution in [0.5, 0.6) is 0 Å². The molecule has 2 aliphatic heterocycles. The number of hydrogen-bond acceptors (Lipinski definition) is 5. The van der Waals surface area contributed by atoms with E-state index in [-0.39, 0.29) is 10.6 Å². The molecule has 3 rings (SSSR count). The Morgan fingerprint density at radius 3 is 2.44 bits per heavy atom. The number of non-ortho nitro benzene ring substituents is 1. The minimum atomic E-state index is -3.59. The minimum Gasteiger partial charge on any atom is -0.372 e. The Labute approximate surface area is 147 Å². The largest absolute Gasteiger partial charge is 0.372 e. The maximum absolute atomic E-state index is 12.7. The van der Waals surface area contributed by atoms with E-state index in [1.807, 2.05) is 0 Å². The number of piperazine rings is 1. The molecule has 8 nitrogen and oxygen atoms in total. The van der Waals surface area contributed by atoms with Crippen molar-refractivity contribution in [3.8, 4) is 0 Å². The molecule has 0 saturated carbocycles. The molecular weight excluding hydrogens is 346 g/mol. The van der Waals surface area contributed by atoms with Crippen molar-refractivity contribution in [2.75, 3.05) is 39.3 Å². The Morgan fingerprint density at radius 2 is 1.88 bits per heavy atom. The van der Waals surface area contributed by atoms with Crippen LogP contribution < -0.4 is 4.90 Å². The molecule has 0 spiro atoms. The van der Waals surface area contributed by atoms with Crippen molar-refractivity contribution in [1.82, 2.24) is 4.31 Å². The second-order valence-electron chi connectivity index (χ2n) is 6.60. The van der Waals surface area contributed by atoms with Crippen LogP contribution in [0.1, 0.15) is 19.3 Å². The van der Waals surface area contributed by atoms with Gasteiger partial charge in [-0.1, -0.05) is 0 Å². The van der Waals surface area contributed by atoms with Gasteiger partial charge in [0.15, 0.2) is 0 Å². The van der Waals surface area contributed by atoms with Crippen molar-refractivity contribution in [1.29, 1.82) is 0 Å². The molecule has 1 aromatic carbocycles. The van der Waals surface area contributed by atoms with E-state index in [0.29, 0.717) is 19.2 Å². The fourth-order valence-corrected chi connectivity index (χ4v) is 4.87. The molecule has 9 heteroatoms. The van der Waals surface area contributed by atoms with Crippen LogP contribution in [0.15, 0.2) is 29.2 Å². The van der Waals surface area contributed by atoms with Gasteiger partial charge in [0.25, 0.3) is 5.69 Å². The van der Waals surface area contributed by atoms with Gasteiger partial charge in [0.2, 0.25) is 10.0 Å². The molecule has 0 unspecified atom stereocenters. The predicted molar refractivity (Wildman–Crippen MR) is 91.0 cm³/mol. The number of quaternary nitrogens is 1. The van der Waals surface area contributed by atoms with Gasteiger partial charge in [-0.25, -0.2) is 8.42 Å². The Balaban J connectivity index is 1.58. The SMILES string of the molecule is O=[N+]([O-])c1ccc(S(=O)(=O)N2CC[NH+](C[C@H]3CCCCO3)CC2)cc1. The van der Waals surface area contributed by atoms with Crippen LogP contribution in [0, 0.1) is 10.1 Å². The summed E-state index contributed by atoms with van der Waals surface area (Å²) < 4.78 is 32.6. The van der Waals surface area contributed by atoms with Gasteiger partial charge in [0.1, 0.15) is 12.6 Å². The van der Waals surface area contributed by atoms with E-state index in [1.54, 1.807) is 0 Å². The summed E-state index contributed by atoms with van der Waals surface area (Å²) in [6.45, 7) is 4.20. The Bertz CT molecular complexity index is 693. The van der Waals surface area contributed by atoms with Gasteiger partial charge in [0, 0.05) is 18.7 Å². The summed E-state index contributed by atoms with van der Waals surface area (Å²) in [5.74, 6) is 0. The van der Waals surface area contributed by atoms with Gasteiger partial charge in [0.05, 0.1) is 36.0 Å². The molecule has 1 N–H and O–H groups in total. The number of hydrogen-bond donors (Lipinski definition) is 1. The molecule has 138 valence electrons. The van der Waals surface area contributed by atoms with Crippen LogP contribution >= 0.6 is 0 Å². The van der Waals surface area contributed by atoms with E-state index >= 15 is 0 Å². The smallest absolute Gasteiger partial charge is 0.269 e. The van der Waals surface area contributed by atoms with Crippen LogP contribution in [0.2, 0.25) is 0 Å². The summed E-state index contributed by atoms with van der Waals surface area (Å²) >= 11 is 0. The molecule has 2 saturated heterocycles. The van der Waals surface area contributed by atoms with E-state index in [0.717, 1.165) is 39.1 Å². The zero-order valence-corrected chi connectivity index (χ0v) is 14.9. The second kappa shape index (κ2) is 7.77. The van der Waals surface area contributed by atoms with Gasteiger partial charge >= 0.3 is 0 Å². The number of nitrogens with one attached hydrogen (secondary N) is 1. The van der Waals surface area contributed by atoms with Crippen molar-refractivity contribution in [2.24, 2.45) is 0 Å². The molecule has 2 aliphatic rings. The summed E-state index contributed by atoms with van der Waals surface area (Å²) in [7, 11) is -3.59. The highest BCUT2D eigenvalue weighted by Crippen LogP contribution is 2.19. The van der Waals surface area contributed by atoms with Gasteiger partial charge in [-0.15, -0.1) is 0 Å². The first-order chi connectivity index (χ1) is 12.0. The van der Waals surface area contributed by atoms with E-state index in [2.05, 4.69) is 0 Å². The summed E-state index contributed by atoms with van der Waals surface area (Å²) in [5, 5.41) is 10.7. The number of ether oxygens (including phenoxy) is 1. The van der Waals surface area contributed by atoms with E-state index in [4.69, 9.17) is 4.74 Å². The molecule has 2 fully saturated rings. The first kappa shape index (κ1) is 18.2.